The van der Waals surface area contributed by atoms with Gasteiger partial charge in [0.15, 0.2) is 0 Å². The van der Waals surface area contributed by atoms with Crippen LogP contribution in [0.2, 0.25) is 0 Å². The number of hydrogen-bond acceptors (Lipinski definition) is 3. The van der Waals surface area contributed by atoms with Crippen LogP contribution >= 0.6 is 0 Å². The van der Waals surface area contributed by atoms with Crippen LogP contribution in [0.5, 0.6) is 5.75 Å². The van der Waals surface area contributed by atoms with Crippen LogP contribution in [0.25, 0.3) is 0 Å². The first-order chi connectivity index (χ1) is 9.22. The fourth-order valence-electron chi connectivity index (χ4n) is 2.41. The third-order valence-corrected chi connectivity index (χ3v) is 3.98. The first kappa shape index (κ1) is 14.4. The van der Waals surface area contributed by atoms with Crippen molar-refractivity contribution in [3.63, 3.8) is 0 Å². The van der Waals surface area contributed by atoms with Crippen molar-refractivity contribution in [2.45, 2.75) is 38.7 Å². The fourth-order valence-corrected chi connectivity index (χ4v) is 2.41. The molecule has 0 bridgehead atoms. The smallest absolute Gasteiger partial charge is 0.122 e. The third kappa shape index (κ3) is 3.71. The molecule has 3 heteroatoms. The predicted molar refractivity (Wildman–Crippen MR) is 75.6 cm³/mol. The molecule has 2 rings (SSSR count). The zero-order valence-electron chi connectivity index (χ0n) is 11.8. The highest BCUT2D eigenvalue weighted by molar-refractivity contribution is 5.35. The van der Waals surface area contributed by atoms with Gasteiger partial charge in [-0.3, -0.25) is 0 Å². The van der Waals surface area contributed by atoms with Crippen LogP contribution in [0.15, 0.2) is 24.3 Å². The lowest BCUT2D eigenvalue weighted by Crippen LogP contribution is -2.27. The van der Waals surface area contributed by atoms with Crippen molar-refractivity contribution >= 4 is 0 Å². The number of ether oxygens (including phenoxy) is 2. The van der Waals surface area contributed by atoms with Gasteiger partial charge in [0.2, 0.25) is 0 Å². The van der Waals surface area contributed by atoms with Crippen molar-refractivity contribution in [3.8, 4) is 5.75 Å². The molecule has 1 aromatic rings. The lowest BCUT2D eigenvalue weighted by Gasteiger charge is -2.20. The molecule has 19 heavy (non-hydrogen) atoms. The maximum atomic E-state index is 10.1. The minimum absolute atomic E-state index is 0.218. The molecule has 0 saturated carbocycles. The Balaban J connectivity index is 1.95. The molecule has 0 spiro atoms. The van der Waals surface area contributed by atoms with E-state index >= 15 is 0 Å². The Morgan fingerprint density at radius 3 is 2.89 bits per heavy atom. The first-order valence-corrected chi connectivity index (χ1v) is 7.20. The number of para-hydroxylation sites is 1. The van der Waals surface area contributed by atoms with Gasteiger partial charge in [-0.15, -0.1) is 0 Å². The van der Waals surface area contributed by atoms with Crippen molar-refractivity contribution in [3.05, 3.63) is 29.8 Å². The van der Waals surface area contributed by atoms with Crippen LogP contribution in [0.3, 0.4) is 0 Å². The van der Waals surface area contributed by atoms with Crippen LogP contribution < -0.4 is 4.74 Å². The van der Waals surface area contributed by atoms with Gasteiger partial charge < -0.3 is 14.6 Å². The van der Waals surface area contributed by atoms with Crippen LogP contribution in [0.4, 0.5) is 0 Å². The molecule has 0 aliphatic carbocycles. The maximum Gasteiger partial charge on any atom is 0.122 e. The average Bonchev–Trinajstić information content (AvgIpc) is 2.98. The van der Waals surface area contributed by atoms with E-state index in [0.717, 1.165) is 25.2 Å². The molecule has 3 nitrogen and oxygen atoms in total. The first-order valence-electron chi connectivity index (χ1n) is 7.20. The van der Waals surface area contributed by atoms with E-state index in [1.807, 2.05) is 18.2 Å². The summed E-state index contributed by atoms with van der Waals surface area (Å²) in [5, 5.41) is 10.1. The highest BCUT2D eigenvalue weighted by Crippen LogP contribution is 2.29. The maximum absolute atomic E-state index is 10.1. The topological polar surface area (TPSA) is 38.7 Å². The highest BCUT2D eigenvalue weighted by atomic mass is 16.5. The average molecular weight is 264 g/mol. The summed E-state index contributed by atoms with van der Waals surface area (Å²) in [5.41, 5.74) is 1.22. The highest BCUT2D eigenvalue weighted by Gasteiger charge is 2.24. The molecule has 1 fully saturated rings. The Hall–Kier alpha value is -1.06. The van der Waals surface area contributed by atoms with Gasteiger partial charge >= 0.3 is 0 Å². The van der Waals surface area contributed by atoms with E-state index in [4.69, 9.17) is 9.47 Å². The van der Waals surface area contributed by atoms with Gasteiger partial charge in [0.1, 0.15) is 12.4 Å². The number of aliphatic hydroxyl groups is 1. The molecule has 0 radical (unpaired) electrons. The molecule has 0 amide bonds. The van der Waals surface area contributed by atoms with Gasteiger partial charge in [0.05, 0.1) is 12.7 Å². The Kier molecular flexibility index (Phi) is 5.23. The SMILES string of the molecule is CCC(C)c1ccccc1OCC(O)C1CCOC1. The Morgan fingerprint density at radius 1 is 1.42 bits per heavy atom. The van der Waals surface area contributed by atoms with Crippen LogP contribution in [-0.2, 0) is 4.74 Å². The van der Waals surface area contributed by atoms with Crippen LogP contribution in [-0.4, -0.2) is 31.0 Å². The Bertz CT molecular complexity index is 385. The number of aliphatic hydroxyl groups excluding tert-OH is 1. The van der Waals surface area contributed by atoms with Gasteiger partial charge in [-0.05, 0) is 30.4 Å². The van der Waals surface area contributed by atoms with Crippen LogP contribution in [0.1, 0.15) is 38.2 Å². The molecule has 3 unspecified atom stereocenters. The summed E-state index contributed by atoms with van der Waals surface area (Å²) >= 11 is 0. The molecule has 0 aromatic heterocycles. The standard InChI is InChI=1S/C16H24O3/c1-3-12(2)14-6-4-5-7-16(14)19-11-15(17)13-8-9-18-10-13/h4-7,12-13,15,17H,3,8-11H2,1-2H3. The minimum atomic E-state index is -0.438. The summed E-state index contributed by atoms with van der Waals surface area (Å²) in [6, 6.07) is 8.11. The molecule has 1 aliphatic heterocycles. The third-order valence-electron chi connectivity index (χ3n) is 3.98. The number of rotatable bonds is 6. The predicted octanol–water partition coefficient (Wildman–Crippen LogP) is 2.98. The molecule has 1 aliphatic rings. The quantitative estimate of drug-likeness (QED) is 0.858. The fraction of sp³-hybridized carbons (Fsp3) is 0.625. The molecule has 1 N–H and O–H groups in total. The lowest BCUT2D eigenvalue weighted by atomic mass is 9.97. The summed E-state index contributed by atoms with van der Waals surface area (Å²) in [5.74, 6) is 1.59. The molecule has 3 atom stereocenters. The lowest BCUT2D eigenvalue weighted by molar-refractivity contribution is 0.0495. The summed E-state index contributed by atoms with van der Waals surface area (Å²) in [7, 11) is 0. The Morgan fingerprint density at radius 2 is 2.21 bits per heavy atom. The summed E-state index contributed by atoms with van der Waals surface area (Å²) in [6.07, 6.45) is 1.57. The van der Waals surface area contributed by atoms with E-state index in [-0.39, 0.29) is 5.92 Å². The molecular formula is C16H24O3. The van der Waals surface area contributed by atoms with Crippen LogP contribution in [0, 0.1) is 5.92 Å². The molecule has 1 saturated heterocycles. The zero-order chi connectivity index (χ0) is 13.7. The van der Waals surface area contributed by atoms with E-state index in [1.165, 1.54) is 5.56 Å². The molecular weight excluding hydrogens is 240 g/mol. The van der Waals surface area contributed by atoms with Gasteiger partial charge in [-0.1, -0.05) is 32.0 Å². The number of hydrogen-bond donors (Lipinski definition) is 1. The van der Waals surface area contributed by atoms with Crippen molar-refractivity contribution in [2.24, 2.45) is 5.92 Å². The Labute approximate surface area is 115 Å². The van der Waals surface area contributed by atoms with Gasteiger partial charge in [-0.2, -0.15) is 0 Å². The van der Waals surface area contributed by atoms with E-state index in [2.05, 4.69) is 19.9 Å². The van der Waals surface area contributed by atoms with E-state index in [1.54, 1.807) is 0 Å². The van der Waals surface area contributed by atoms with Gasteiger partial charge in [0.25, 0.3) is 0 Å². The zero-order valence-corrected chi connectivity index (χ0v) is 11.8. The monoisotopic (exact) mass is 264 g/mol. The van der Waals surface area contributed by atoms with Gasteiger partial charge in [-0.25, -0.2) is 0 Å². The molecule has 1 aromatic carbocycles. The largest absolute Gasteiger partial charge is 0.491 e. The molecule has 106 valence electrons. The van der Waals surface area contributed by atoms with Crippen molar-refractivity contribution in [1.29, 1.82) is 0 Å². The van der Waals surface area contributed by atoms with Crippen molar-refractivity contribution < 1.29 is 14.6 Å². The summed E-state index contributed by atoms with van der Waals surface area (Å²) in [4.78, 5) is 0. The van der Waals surface area contributed by atoms with Gasteiger partial charge in [0, 0.05) is 12.5 Å². The molecule has 1 heterocycles. The second-order valence-corrected chi connectivity index (χ2v) is 5.35. The normalized spacial score (nSPS) is 22.2. The van der Waals surface area contributed by atoms with Crippen molar-refractivity contribution in [1.82, 2.24) is 0 Å². The van der Waals surface area contributed by atoms with E-state index < -0.39 is 6.10 Å². The second kappa shape index (κ2) is 6.92. The van der Waals surface area contributed by atoms with E-state index in [9.17, 15) is 5.11 Å². The second-order valence-electron chi connectivity index (χ2n) is 5.35. The van der Waals surface area contributed by atoms with E-state index in [0.29, 0.717) is 19.1 Å². The summed E-state index contributed by atoms with van der Waals surface area (Å²) < 4.78 is 11.1. The van der Waals surface area contributed by atoms with Crippen molar-refractivity contribution in [2.75, 3.05) is 19.8 Å². The minimum Gasteiger partial charge on any atom is -0.491 e. The number of benzene rings is 1. The summed E-state index contributed by atoms with van der Waals surface area (Å²) in [6.45, 7) is 6.12.